The van der Waals surface area contributed by atoms with E-state index in [0.717, 1.165) is 5.56 Å². The summed E-state index contributed by atoms with van der Waals surface area (Å²) >= 11 is 0. The fraction of sp³-hybridized carbons (Fsp3) is 0.533. The third kappa shape index (κ3) is 4.42. The molecule has 0 aromatic heterocycles. The standard InChI is InChI=1S/C15H23NO4/c1-11(2)16(7-8-17)15(18)10-20-13-6-5-12(3)9-14(13)19-4/h5-6,9,11,17H,7-8,10H2,1-4H3. The van der Waals surface area contributed by atoms with Crippen LogP contribution in [0.4, 0.5) is 0 Å². The number of benzene rings is 1. The van der Waals surface area contributed by atoms with Crippen molar-refractivity contribution in [2.24, 2.45) is 0 Å². The van der Waals surface area contributed by atoms with E-state index in [0.29, 0.717) is 18.0 Å². The largest absolute Gasteiger partial charge is 0.493 e. The van der Waals surface area contributed by atoms with Crippen molar-refractivity contribution in [1.29, 1.82) is 0 Å². The molecule has 0 fully saturated rings. The van der Waals surface area contributed by atoms with E-state index in [9.17, 15) is 4.79 Å². The highest BCUT2D eigenvalue weighted by atomic mass is 16.5. The van der Waals surface area contributed by atoms with Gasteiger partial charge in [-0.1, -0.05) is 6.07 Å². The summed E-state index contributed by atoms with van der Waals surface area (Å²) in [5.74, 6) is 0.992. The minimum atomic E-state index is -0.156. The first-order valence-electron chi connectivity index (χ1n) is 6.67. The molecular weight excluding hydrogens is 258 g/mol. The summed E-state index contributed by atoms with van der Waals surface area (Å²) in [5, 5.41) is 8.98. The number of aryl methyl sites for hydroxylation is 1. The molecule has 112 valence electrons. The van der Waals surface area contributed by atoms with Crippen molar-refractivity contribution in [3.8, 4) is 11.5 Å². The molecule has 0 radical (unpaired) electrons. The number of rotatable bonds is 7. The third-order valence-electron chi connectivity index (χ3n) is 2.95. The van der Waals surface area contributed by atoms with Crippen molar-refractivity contribution >= 4 is 5.91 Å². The van der Waals surface area contributed by atoms with Crippen LogP contribution in [0.2, 0.25) is 0 Å². The first-order chi connectivity index (χ1) is 9.49. The van der Waals surface area contributed by atoms with Crippen molar-refractivity contribution in [3.05, 3.63) is 23.8 Å². The zero-order valence-electron chi connectivity index (χ0n) is 12.5. The molecule has 5 nitrogen and oxygen atoms in total. The Labute approximate surface area is 120 Å². The van der Waals surface area contributed by atoms with E-state index in [-0.39, 0.29) is 25.2 Å². The smallest absolute Gasteiger partial charge is 0.260 e. The summed E-state index contributed by atoms with van der Waals surface area (Å²) in [4.78, 5) is 13.6. The van der Waals surface area contributed by atoms with Crippen LogP contribution in [0.5, 0.6) is 11.5 Å². The Morgan fingerprint density at radius 1 is 1.35 bits per heavy atom. The van der Waals surface area contributed by atoms with Crippen molar-refractivity contribution in [2.45, 2.75) is 26.8 Å². The number of hydrogen-bond donors (Lipinski definition) is 1. The second-order valence-electron chi connectivity index (χ2n) is 4.85. The summed E-state index contributed by atoms with van der Waals surface area (Å²) in [7, 11) is 1.57. The zero-order valence-corrected chi connectivity index (χ0v) is 12.5. The van der Waals surface area contributed by atoms with E-state index in [1.54, 1.807) is 18.1 Å². The Bertz CT molecular complexity index is 445. The van der Waals surface area contributed by atoms with Crippen molar-refractivity contribution in [2.75, 3.05) is 26.9 Å². The maximum absolute atomic E-state index is 12.1. The fourth-order valence-electron chi connectivity index (χ4n) is 1.90. The van der Waals surface area contributed by atoms with Gasteiger partial charge in [0.05, 0.1) is 13.7 Å². The van der Waals surface area contributed by atoms with Gasteiger partial charge in [0.15, 0.2) is 18.1 Å². The second kappa shape index (κ2) is 7.75. The van der Waals surface area contributed by atoms with Crippen LogP contribution in [0.25, 0.3) is 0 Å². The molecule has 5 heteroatoms. The van der Waals surface area contributed by atoms with Crippen LogP contribution in [0.15, 0.2) is 18.2 Å². The SMILES string of the molecule is COc1cc(C)ccc1OCC(=O)N(CCO)C(C)C. The molecule has 0 saturated carbocycles. The number of carbonyl (C=O) groups is 1. The van der Waals surface area contributed by atoms with Gasteiger partial charge in [-0.2, -0.15) is 0 Å². The third-order valence-corrected chi connectivity index (χ3v) is 2.95. The maximum Gasteiger partial charge on any atom is 0.260 e. The van der Waals surface area contributed by atoms with Crippen LogP contribution in [0, 0.1) is 6.92 Å². The number of hydrogen-bond acceptors (Lipinski definition) is 4. The molecule has 0 heterocycles. The zero-order chi connectivity index (χ0) is 15.1. The highest BCUT2D eigenvalue weighted by Crippen LogP contribution is 2.27. The van der Waals surface area contributed by atoms with Crippen LogP contribution in [-0.2, 0) is 4.79 Å². The van der Waals surface area contributed by atoms with Gasteiger partial charge < -0.3 is 19.5 Å². The van der Waals surface area contributed by atoms with E-state index in [4.69, 9.17) is 14.6 Å². The summed E-state index contributed by atoms with van der Waals surface area (Å²) in [6.45, 7) is 5.94. The van der Waals surface area contributed by atoms with Gasteiger partial charge in [0.1, 0.15) is 0 Å². The number of aliphatic hydroxyl groups excluding tert-OH is 1. The highest BCUT2D eigenvalue weighted by molar-refractivity contribution is 5.78. The van der Waals surface area contributed by atoms with Crippen LogP contribution >= 0.6 is 0 Å². The van der Waals surface area contributed by atoms with Gasteiger partial charge in [-0.05, 0) is 38.5 Å². The van der Waals surface area contributed by atoms with Crippen molar-refractivity contribution in [3.63, 3.8) is 0 Å². The summed E-state index contributed by atoms with van der Waals surface area (Å²) in [6.07, 6.45) is 0. The first-order valence-corrected chi connectivity index (χ1v) is 6.67. The molecule has 0 spiro atoms. The molecule has 0 aliphatic carbocycles. The molecule has 0 saturated heterocycles. The van der Waals surface area contributed by atoms with E-state index in [1.807, 2.05) is 32.9 Å². The molecule has 20 heavy (non-hydrogen) atoms. The van der Waals surface area contributed by atoms with Crippen LogP contribution in [0.3, 0.4) is 0 Å². The van der Waals surface area contributed by atoms with Crippen molar-refractivity contribution in [1.82, 2.24) is 4.90 Å². The number of carbonyl (C=O) groups excluding carboxylic acids is 1. The molecule has 1 N–H and O–H groups in total. The summed E-state index contributed by atoms with van der Waals surface area (Å²) in [5.41, 5.74) is 1.06. The van der Waals surface area contributed by atoms with Gasteiger partial charge in [0.25, 0.3) is 5.91 Å². The number of methoxy groups -OCH3 is 1. The van der Waals surface area contributed by atoms with E-state index >= 15 is 0 Å². The lowest BCUT2D eigenvalue weighted by molar-refractivity contribution is -0.135. The monoisotopic (exact) mass is 281 g/mol. The van der Waals surface area contributed by atoms with E-state index in [1.165, 1.54) is 0 Å². The lowest BCUT2D eigenvalue weighted by Crippen LogP contribution is -2.41. The molecule has 1 amide bonds. The van der Waals surface area contributed by atoms with Gasteiger partial charge in [-0.25, -0.2) is 0 Å². The Kier molecular flexibility index (Phi) is 6.31. The van der Waals surface area contributed by atoms with Crippen LogP contribution < -0.4 is 9.47 Å². The Hall–Kier alpha value is -1.75. The molecule has 1 aromatic rings. The minimum absolute atomic E-state index is 0.0261. The van der Waals surface area contributed by atoms with E-state index < -0.39 is 0 Å². The van der Waals surface area contributed by atoms with E-state index in [2.05, 4.69) is 0 Å². The topological polar surface area (TPSA) is 59.0 Å². The Morgan fingerprint density at radius 2 is 2.05 bits per heavy atom. The number of amides is 1. The first kappa shape index (κ1) is 16.3. The molecule has 0 aliphatic rings. The molecule has 0 bridgehead atoms. The predicted molar refractivity (Wildman–Crippen MR) is 77.2 cm³/mol. The summed E-state index contributed by atoms with van der Waals surface area (Å²) < 4.78 is 10.7. The fourth-order valence-corrected chi connectivity index (χ4v) is 1.90. The Balaban J connectivity index is 2.68. The highest BCUT2D eigenvalue weighted by Gasteiger charge is 2.17. The molecule has 0 atom stereocenters. The molecule has 1 rings (SSSR count). The quantitative estimate of drug-likeness (QED) is 0.825. The average Bonchev–Trinajstić information content (AvgIpc) is 2.42. The second-order valence-corrected chi connectivity index (χ2v) is 4.85. The minimum Gasteiger partial charge on any atom is -0.493 e. The number of ether oxygens (including phenoxy) is 2. The van der Waals surface area contributed by atoms with Gasteiger partial charge in [0, 0.05) is 12.6 Å². The lowest BCUT2D eigenvalue weighted by Gasteiger charge is -2.26. The van der Waals surface area contributed by atoms with Gasteiger partial charge in [0.2, 0.25) is 0 Å². The maximum atomic E-state index is 12.1. The Morgan fingerprint density at radius 3 is 2.60 bits per heavy atom. The molecule has 1 aromatic carbocycles. The summed E-state index contributed by atoms with van der Waals surface area (Å²) in [6, 6.07) is 5.56. The lowest BCUT2D eigenvalue weighted by atomic mass is 10.2. The molecular formula is C15H23NO4. The average molecular weight is 281 g/mol. The number of nitrogens with zero attached hydrogens (tertiary/aromatic N) is 1. The van der Waals surface area contributed by atoms with Gasteiger partial charge >= 0.3 is 0 Å². The van der Waals surface area contributed by atoms with Gasteiger partial charge in [-0.15, -0.1) is 0 Å². The number of aliphatic hydroxyl groups is 1. The normalized spacial score (nSPS) is 10.5. The molecule has 0 aliphatic heterocycles. The van der Waals surface area contributed by atoms with Gasteiger partial charge in [-0.3, -0.25) is 4.79 Å². The predicted octanol–water partition coefficient (Wildman–Crippen LogP) is 1.61. The van der Waals surface area contributed by atoms with Crippen LogP contribution in [-0.4, -0.2) is 48.8 Å². The molecule has 0 unspecified atom stereocenters. The van der Waals surface area contributed by atoms with Crippen molar-refractivity contribution < 1.29 is 19.4 Å². The van der Waals surface area contributed by atoms with Crippen LogP contribution in [0.1, 0.15) is 19.4 Å².